The molecule has 0 atom stereocenters. The number of aryl methyl sites for hydroxylation is 2. The molecule has 86 valence electrons. The molecule has 1 aromatic carbocycles. The number of nitriles is 1. The number of nitrogens with zero attached hydrogens (tertiary/aromatic N) is 3. The summed E-state index contributed by atoms with van der Waals surface area (Å²) in [5, 5.41) is 12.3. The van der Waals surface area contributed by atoms with Crippen molar-refractivity contribution in [3.05, 3.63) is 47.5 Å². The van der Waals surface area contributed by atoms with Crippen LogP contribution in [0.1, 0.15) is 17.0 Å². The molecule has 0 aliphatic heterocycles. The third-order valence-corrected chi connectivity index (χ3v) is 2.65. The van der Waals surface area contributed by atoms with E-state index in [9.17, 15) is 0 Å². The number of hydrogen-bond acceptors (Lipinski definition) is 3. The Morgan fingerprint density at radius 2 is 2.29 bits per heavy atom. The van der Waals surface area contributed by atoms with Gasteiger partial charge in [0.1, 0.15) is 11.9 Å². The van der Waals surface area contributed by atoms with Crippen molar-refractivity contribution in [2.75, 3.05) is 5.32 Å². The molecule has 0 amide bonds. The highest BCUT2D eigenvalue weighted by molar-refractivity contribution is 5.58. The first-order valence-corrected chi connectivity index (χ1v) is 5.41. The van der Waals surface area contributed by atoms with Crippen molar-refractivity contribution in [3.63, 3.8) is 0 Å². The fourth-order valence-electron chi connectivity index (χ4n) is 1.64. The van der Waals surface area contributed by atoms with Gasteiger partial charge in [-0.2, -0.15) is 5.26 Å². The Hall–Kier alpha value is -2.28. The molecule has 0 spiro atoms. The molecule has 1 aromatic heterocycles. The van der Waals surface area contributed by atoms with E-state index in [0.29, 0.717) is 12.1 Å². The summed E-state index contributed by atoms with van der Waals surface area (Å²) in [5.74, 6) is 0.940. The lowest BCUT2D eigenvalue weighted by molar-refractivity contribution is 0.812. The van der Waals surface area contributed by atoms with E-state index < -0.39 is 0 Å². The van der Waals surface area contributed by atoms with Crippen LogP contribution in [0, 0.1) is 18.3 Å². The lowest BCUT2D eigenvalue weighted by atomic mass is 10.1. The van der Waals surface area contributed by atoms with E-state index in [-0.39, 0.29) is 0 Å². The summed E-state index contributed by atoms with van der Waals surface area (Å²) in [7, 11) is 1.95. The minimum absolute atomic E-state index is 0.613. The molecular weight excluding hydrogens is 212 g/mol. The molecule has 0 aliphatic carbocycles. The Morgan fingerprint density at radius 1 is 1.47 bits per heavy atom. The average molecular weight is 226 g/mol. The molecule has 0 unspecified atom stereocenters. The van der Waals surface area contributed by atoms with Crippen molar-refractivity contribution in [3.8, 4) is 6.07 Å². The van der Waals surface area contributed by atoms with Gasteiger partial charge in [-0.25, -0.2) is 4.98 Å². The summed E-state index contributed by atoms with van der Waals surface area (Å²) < 4.78 is 1.95. The first-order chi connectivity index (χ1) is 8.20. The number of rotatable bonds is 3. The largest absolute Gasteiger partial charge is 0.377 e. The van der Waals surface area contributed by atoms with E-state index >= 15 is 0 Å². The van der Waals surface area contributed by atoms with Crippen molar-refractivity contribution in [1.82, 2.24) is 9.55 Å². The monoisotopic (exact) mass is 226 g/mol. The van der Waals surface area contributed by atoms with Crippen LogP contribution >= 0.6 is 0 Å². The number of aromatic nitrogens is 2. The van der Waals surface area contributed by atoms with Gasteiger partial charge < -0.3 is 9.88 Å². The predicted octanol–water partition coefficient (Wildman–Crippen LogP) is 2.21. The van der Waals surface area contributed by atoms with Crippen LogP contribution in [0.25, 0.3) is 0 Å². The third-order valence-electron chi connectivity index (χ3n) is 2.65. The summed E-state index contributed by atoms with van der Waals surface area (Å²) in [4.78, 5) is 4.23. The van der Waals surface area contributed by atoms with Crippen molar-refractivity contribution in [2.45, 2.75) is 13.5 Å². The maximum Gasteiger partial charge on any atom is 0.127 e. The Morgan fingerprint density at radius 3 is 2.94 bits per heavy atom. The van der Waals surface area contributed by atoms with Gasteiger partial charge >= 0.3 is 0 Å². The molecule has 0 bridgehead atoms. The Labute approximate surface area is 101 Å². The van der Waals surface area contributed by atoms with Crippen LogP contribution in [0.5, 0.6) is 0 Å². The summed E-state index contributed by atoms with van der Waals surface area (Å²) in [5.41, 5.74) is 2.65. The van der Waals surface area contributed by atoms with Crippen LogP contribution in [0.4, 0.5) is 5.69 Å². The number of imidazole rings is 1. The van der Waals surface area contributed by atoms with Gasteiger partial charge in [0.2, 0.25) is 0 Å². The van der Waals surface area contributed by atoms with E-state index in [1.54, 1.807) is 6.20 Å². The predicted molar refractivity (Wildman–Crippen MR) is 66.4 cm³/mol. The van der Waals surface area contributed by atoms with Gasteiger partial charge in [0.25, 0.3) is 0 Å². The third kappa shape index (κ3) is 2.45. The summed E-state index contributed by atoms with van der Waals surface area (Å²) in [6, 6.07) is 7.92. The number of anilines is 1. The summed E-state index contributed by atoms with van der Waals surface area (Å²) >= 11 is 0. The molecule has 1 heterocycles. The molecule has 0 saturated carbocycles. The van der Waals surface area contributed by atoms with Crippen LogP contribution in [-0.2, 0) is 13.6 Å². The smallest absolute Gasteiger partial charge is 0.127 e. The highest BCUT2D eigenvalue weighted by Gasteiger charge is 2.03. The zero-order chi connectivity index (χ0) is 12.3. The second kappa shape index (κ2) is 4.71. The normalized spacial score (nSPS) is 9.94. The van der Waals surface area contributed by atoms with Crippen LogP contribution in [0.3, 0.4) is 0 Å². The molecular formula is C13H14N4. The van der Waals surface area contributed by atoms with Crippen molar-refractivity contribution in [2.24, 2.45) is 7.05 Å². The lowest BCUT2D eigenvalue weighted by Gasteiger charge is -2.09. The maximum atomic E-state index is 9.01. The first kappa shape index (κ1) is 11.2. The zero-order valence-corrected chi connectivity index (χ0v) is 9.94. The first-order valence-electron chi connectivity index (χ1n) is 5.41. The zero-order valence-electron chi connectivity index (χ0n) is 9.94. The second-order valence-electron chi connectivity index (χ2n) is 3.97. The molecule has 0 fully saturated rings. The standard InChI is InChI=1S/C13H14N4/c1-10-3-4-11(8-14)12(7-10)16-9-13-15-5-6-17(13)2/h3-7,16H,9H2,1-2H3. The summed E-state index contributed by atoms with van der Waals surface area (Å²) in [6.07, 6.45) is 3.66. The van der Waals surface area contributed by atoms with Crippen LogP contribution in [0.15, 0.2) is 30.6 Å². The lowest BCUT2D eigenvalue weighted by Crippen LogP contribution is -2.06. The van der Waals surface area contributed by atoms with Gasteiger partial charge in [-0.3, -0.25) is 0 Å². The molecule has 0 radical (unpaired) electrons. The number of benzene rings is 1. The number of hydrogen-bond donors (Lipinski definition) is 1. The van der Waals surface area contributed by atoms with Gasteiger partial charge in [0.15, 0.2) is 0 Å². The van der Waals surface area contributed by atoms with E-state index in [0.717, 1.165) is 17.1 Å². The van der Waals surface area contributed by atoms with Gasteiger partial charge in [-0.15, -0.1) is 0 Å². The summed E-state index contributed by atoms with van der Waals surface area (Å²) in [6.45, 7) is 2.62. The second-order valence-corrected chi connectivity index (χ2v) is 3.97. The molecule has 4 nitrogen and oxygen atoms in total. The van der Waals surface area contributed by atoms with Crippen LogP contribution in [0.2, 0.25) is 0 Å². The Kier molecular flexibility index (Phi) is 3.10. The van der Waals surface area contributed by atoms with Crippen LogP contribution < -0.4 is 5.32 Å². The van der Waals surface area contributed by atoms with Crippen molar-refractivity contribution < 1.29 is 0 Å². The highest BCUT2D eigenvalue weighted by Crippen LogP contribution is 2.17. The fraction of sp³-hybridized carbons (Fsp3) is 0.231. The molecule has 0 aliphatic rings. The van der Waals surface area contributed by atoms with E-state index in [1.807, 2.05) is 42.9 Å². The molecule has 17 heavy (non-hydrogen) atoms. The molecule has 2 rings (SSSR count). The Bertz CT molecular complexity index is 563. The van der Waals surface area contributed by atoms with E-state index in [2.05, 4.69) is 16.4 Å². The fourth-order valence-corrected chi connectivity index (χ4v) is 1.64. The van der Waals surface area contributed by atoms with Crippen LogP contribution in [-0.4, -0.2) is 9.55 Å². The minimum atomic E-state index is 0.613. The minimum Gasteiger partial charge on any atom is -0.377 e. The molecule has 0 saturated heterocycles. The molecule has 4 heteroatoms. The van der Waals surface area contributed by atoms with E-state index in [4.69, 9.17) is 5.26 Å². The van der Waals surface area contributed by atoms with Crippen molar-refractivity contribution >= 4 is 5.69 Å². The van der Waals surface area contributed by atoms with Gasteiger partial charge in [0, 0.05) is 19.4 Å². The SMILES string of the molecule is Cc1ccc(C#N)c(NCc2nccn2C)c1. The molecule has 1 N–H and O–H groups in total. The van der Waals surface area contributed by atoms with Gasteiger partial charge in [0.05, 0.1) is 17.8 Å². The quantitative estimate of drug-likeness (QED) is 0.873. The van der Waals surface area contributed by atoms with Crippen molar-refractivity contribution in [1.29, 1.82) is 5.26 Å². The van der Waals surface area contributed by atoms with Gasteiger partial charge in [-0.05, 0) is 24.6 Å². The topological polar surface area (TPSA) is 53.6 Å². The highest BCUT2D eigenvalue weighted by atomic mass is 15.1. The Balaban J connectivity index is 2.17. The average Bonchev–Trinajstić information content (AvgIpc) is 2.72. The maximum absolute atomic E-state index is 9.01. The number of nitrogens with one attached hydrogen (secondary N) is 1. The molecule has 2 aromatic rings. The van der Waals surface area contributed by atoms with Gasteiger partial charge in [-0.1, -0.05) is 6.07 Å². The van der Waals surface area contributed by atoms with E-state index in [1.165, 1.54) is 0 Å².